The first kappa shape index (κ1) is 15.6. The monoisotopic (exact) mass is 249 g/mol. The number of hydrogen-bond donors (Lipinski definition) is 2. The molecule has 0 fully saturated rings. The molecular formula is C11H21F2NOSi. The van der Waals surface area contributed by atoms with Gasteiger partial charge in [0.2, 0.25) is 0 Å². The minimum absolute atomic E-state index is 0.0822. The molecule has 0 aliphatic rings. The van der Waals surface area contributed by atoms with E-state index in [1.54, 1.807) is 0 Å². The third-order valence-electron chi connectivity index (χ3n) is 1.81. The highest BCUT2D eigenvalue weighted by atomic mass is 28.3. The first-order valence-corrected chi connectivity index (χ1v) is 8.88. The van der Waals surface area contributed by atoms with Gasteiger partial charge in [0.05, 0.1) is 6.54 Å². The van der Waals surface area contributed by atoms with Crippen LogP contribution >= 0.6 is 0 Å². The van der Waals surface area contributed by atoms with Gasteiger partial charge >= 0.3 is 0 Å². The van der Waals surface area contributed by atoms with Crippen molar-refractivity contribution in [3.8, 4) is 11.5 Å². The first-order valence-electron chi connectivity index (χ1n) is 5.38. The van der Waals surface area contributed by atoms with Gasteiger partial charge in [0.25, 0.3) is 5.92 Å². The number of alkyl halides is 2. The maximum atomic E-state index is 12.7. The van der Waals surface area contributed by atoms with E-state index < -0.39 is 27.1 Å². The van der Waals surface area contributed by atoms with Crippen LogP contribution < -0.4 is 5.32 Å². The van der Waals surface area contributed by atoms with Gasteiger partial charge in [-0.1, -0.05) is 19.6 Å². The Morgan fingerprint density at radius 1 is 1.38 bits per heavy atom. The van der Waals surface area contributed by atoms with Crippen LogP contribution in [0.2, 0.25) is 19.6 Å². The van der Waals surface area contributed by atoms with Crippen molar-refractivity contribution in [1.82, 2.24) is 5.32 Å². The van der Waals surface area contributed by atoms with Crippen molar-refractivity contribution in [3.63, 3.8) is 0 Å². The Morgan fingerprint density at radius 3 is 2.38 bits per heavy atom. The predicted molar refractivity (Wildman–Crippen MR) is 65.2 cm³/mol. The van der Waals surface area contributed by atoms with E-state index in [0.29, 0.717) is 6.42 Å². The summed E-state index contributed by atoms with van der Waals surface area (Å²) < 4.78 is 25.4. The van der Waals surface area contributed by atoms with Crippen LogP contribution in [-0.2, 0) is 0 Å². The zero-order valence-electron chi connectivity index (χ0n) is 10.4. The minimum atomic E-state index is -3.04. The molecule has 0 aromatic carbocycles. The van der Waals surface area contributed by atoms with Gasteiger partial charge in [-0.3, -0.25) is 0 Å². The molecule has 0 amide bonds. The largest absolute Gasteiger partial charge is 0.390 e. The molecule has 0 spiro atoms. The summed E-state index contributed by atoms with van der Waals surface area (Å²) in [5.74, 6) is -0.0200. The summed E-state index contributed by atoms with van der Waals surface area (Å²) in [7, 11) is -1.37. The van der Waals surface area contributed by atoms with Gasteiger partial charge in [-0.25, -0.2) is 8.78 Å². The highest BCUT2D eigenvalue weighted by molar-refractivity contribution is 6.83. The second kappa shape index (κ2) is 6.33. The SMILES string of the molecule is C[C@H](CC#C[Si](C)(C)C)NCC(F)(F)CO. The number of rotatable bonds is 5. The van der Waals surface area contributed by atoms with E-state index in [1.165, 1.54) is 0 Å². The van der Waals surface area contributed by atoms with E-state index in [9.17, 15) is 8.78 Å². The van der Waals surface area contributed by atoms with E-state index in [4.69, 9.17) is 5.11 Å². The van der Waals surface area contributed by atoms with Gasteiger partial charge in [-0.15, -0.1) is 11.5 Å². The Hall–Kier alpha value is -0.443. The van der Waals surface area contributed by atoms with Crippen molar-refractivity contribution in [1.29, 1.82) is 0 Å². The third-order valence-corrected chi connectivity index (χ3v) is 2.74. The second-order valence-corrected chi connectivity index (χ2v) is 9.80. The number of aliphatic hydroxyl groups excluding tert-OH is 1. The third kappa shape index (κ3) is 8.83. The van der Waals surface area contributed by atoms with Crippen LogP contribution in [0.1, 0.15) is 13.3 Å². The molecule has 94 valence electrons. The molecule has 0 rings (SSSR count). The highest BCUT2D eigenvalue weighted by Gasteiger charge is 2.27. The van der Waals surface area contributed by atoms with Crippen molar-refractivity contribution in [3.05, 3.63) is 0 Å². The van der Waals surface area contributed by atoms with E-state index >= 15 is 0 Å². The topological polar surface area (TPSA) is 32.3 Å². The zero-order chi connectivity index (χ0) is 12.8. The Balaban J connectivity index is 3.91. The Labute approximate surface area is 97.4 Å². The summed E-state index contributed by atoms with van der Waals surface area (Å²) in [5.41, 5.74) is 3.18. The van der Waals surface area contributed by atoms with Crippen LogP contribution in [0.3, 0.4) is 0 Å². The van der Waals surface area contributed by atoms with Crippen molar-refractivity contribution < 1.29 is 13.9 Å². The summed E-state index contributed by atoms with van der Waals surface area (Å²) in [5, 5.41) is 11.0. The Kier molecular flexibility index (Phi) is 6.16. The number of aliphatic hydroxyl groups is 1. The molecule has 0 aliphatic carbocycles. The van der Waals surface area contributed by atoms with Gasteiger partial charge in [0, 0.05) is 12.5 Å². The average Bonchev–Trinajstić information content (AvgIpc) is 2.13. The van der Waals surface area contributed by atoms with E-state index in [2.05, 4.69) is 36.4 Å². The van der Waals surface area contributed by atoms with Gasteiger partial charge in [0.1, 0.15) is 14.7 Å². The van der Waals surface area contributed by atoms with Crippen LogP contribution in [0.4, 0.5) is 8.78 Å². The van der Waals surface area contributed by atoms with E-state index in [0.717, 1.165) is 0 Å². The number of nitrogens with one attached hydrogen (secondary N) is 1. The molecule has 0 bridgehead atoms. The smallest absolute Gasteiger partial charge is 0.282 e. The van der Waals surface area contributed by atoms with Gasteiger partial charge in [-0.05, 0) is 6.92 Å². The Morgan fingerprint density at radius 2 is 1.94 bits per heavy atom. The lowest BCUT2D eigenvalue weighted by atomic mass is 10.2. The molecule has 5 heteroatoms. The van der Waals surface area contributed by atoms with Gasteiger partial charge < -0.3 is 10.4 Å². The normalized spacial score (nSPS) is 14.2. The molecule has 2 nitrogen and oxygen atoms in total. The van der Waals surface area contributed by atoms with Crippen molar-refractivity contribution in [2.24, 2.45) is 0 Å². The van der Waals surface area contributed by atoms with Crippen molar-refractivity contribution in [2.45, 2.75) is 44.9 Å². The second-order valence-electron chi connectivity index (χ2n) is 5.05. The van der Waals surface area contributed by atoms with E-state index in [-0.39, 0.29) is 6.04 Å². The standard InChI is InChI=1S/C11H21F2NOSi/c1-10(6-5-7-16(2,3)4)14-8-11(12,13)9-15/h10,14-15H,6,8-9H2,1-4H3/t10-/m1/s1. The van der Waals surface area contributed by atoms with Gasteiger partial charge in [-0.2, -0.15) is 0 Å². The molecule has 0 saturated heterocycles. The van der Waals surface area contributed by atoms with Crippen molar-refractivity contribution >= 4 is 8.07 Å². The lowest BCUT2D eigenvalue weighted by molar-refractivity contribution is -0.0489. The number of hydrogen-bond acceptors (Lipinski definition) is 2. The number of halogens is 2. The molecule has 0 heterocycles. The van der Waals surface area contributed by atoms with Gasteiger partial charge in [0.15, 0.2) is 0 Å². The molecule has 1 atom stereocenters. The van der Waals surface area contributed by atoms with Crippen molar-refractivity contribution in [2.75, 3.05) is 13.2 Å². The minimum Gasteiger partial charge on any atom is -0.390 e. The summed E-state index contributed by atoms with van der Waals surface area (Å²) in [6.45, 7) is 6.60. The highest BCUT2D eigenvalue weighted by Crippen LogP contribution is 2.10. The van der Waals surface area contributed by atoms with E-state index in [1.807, 2.05) is 6.92 Å². The molecule has 0 aromatic heterocycles. The lowest BCUT2D eigenvalue weighted by Gasteiger charge is -2.17. The molecule has 16 heavy (non-hydrogen) atoms. The summed E-state index contributed by atoms with van der Waals surface area (Å²) >= 11 is 0. The molecular weight excluding hydrogens is 228 g/mol. The molecule has 0 unspecified atom stereocenters. The zero-order valence-corrected chi connectivity index (χ0v) is 11.4. The fourth-order valence-corrected chi connectivity index (χ4v) is 1.55. The predicted octanol–water partition coefficient (Wildman–Crippen LogP) is 1.86. The molecule has 0 aromatic rings. The van der Waals surface area contributed by atoms with Crippen LogP contribution in [0.5, 0.6) is 0 Å². The molecule has 0 aliphatic heterocycles. The summed E-state index contributed by atoms with van der Waals surface area (Å²) in [6, 6.07) is -0.0822. The van der Waals surface area contributed by atoms with Crippen LogP contribution in [0.15, 0.2) is 0 Å². The first-order chi connectivity index (χ1) is 7.16. The summed E-state index contributed by atoms with van der Waals surface area (Å²) in [4.78, 5) is 0. The summed E-state index contributed by atoms with van der Waals surface area (Å²) in [6.07, 6.45) is 0.561. The molecule has 0 radical (unpaired) electrons. The fraction of sp³-hybridized carbons (Fsp3) is 0.818. The Bertz CT molecular complexity index is 265. The molecule has 0 saturated carbocycles. The maximum absolute atomic E-state index is 12.7. The maximum Gasteiger partial charge on any atom is 0.282 e. The van der Waals surface area contributed by atoms with Crippen LogP contribution in [-0.4, -0.2) is 38.3 Å². The fourth-order valence-electron chi connectivity index (χ4n) is 0.921. The quantitative estimate of drug-likeness (QED) is 0.576. The average molecular weight is 249 g/mol. The van der Waals surface area contributed by atoms with Crippen LogP contribution in [0, 0.1) is 11.5 Å². The lowest BCUT2D eigenvalue weighted by Crippen LogP contribution is -2.40. The van der Waals surface area contributed by atoms with Crippen LogP contribution in [0.25, 0.3) is 0 Å². The molecule has 2 N–H and O–H groups in total.